The molecule has 144 valence electrons. The average Bonchev–Trinajstić information content (AvgIpc) is 3.09. The van der Waals surface area contributed by atoms with Crippen LogP contribution in [0.5, 0.6) is 0 Å². The summed E-state index contributed by atoms with van der Waals surface area (Å²) in [5.41, 5.74) is 1.99. The van der Waals surface area contributed by atoms with Crippen LogP contribution in [0.4, 0.5) is 8.78 Å². The van der Waals surface area contributed by atoms with E-state index in [1.807, 2.05) is 0 Å². The highest BCUT2D eigenvalue weighted by Crippen LogP contribution is 2.44. The topological polar surface area (TPSA) is 39.1 Å². The summed E-state index contributed by atoms with van der Waals surface area (Å²) >= 11 is 1.45. The van der Waals surface area contributed by atoms with Crippen LogP contribution in [0.3, 0.4) is 0 Å². The number of fused-ring (bicyclic) bond motifs is 1. The van der Waals surface area contributed by atoms with Gasteiger partial charge in [0.1, 0.15) is 5.78 Å². The van der Waals surface area contributed by atoms with E-state index < -0.39 is 17.4 Å². The van der Waals surface area contributed by atoms with Gasteiger partial charge in [0, 0.05) is 17.4 Å². The lowest BCUT2D eigenvalue weighted by Gasteiger charge is -2.16. The molecule has 1 aliphatic heterocycles. The predicted octanol–water partition coefficient (Wildman–Crippen LogP) is 6.20. The molecule has 0 N–H and O–H groups in total. The second-order valence-electron chi connectivity index (χ2n) is 6.75. The second-order valence-corrected chi connectivity index (χ2v) is 8.56. The maximum atomic E-state index is 13.9. The van der Waals surface area contributed by atoms with E-state index in [4.69, 9.17) is 0 Å². The van der Waals surface area contributed by atoms with E-state index in [1.54, 1.807) is 12.1 Å². The molecule has 0 amide bonds. The van der Waals surface area contributed by atoms with Crippen molar-refractivity contribution in [1.29, 1.82) is 0 Å². The van der Waals surface area contributed by atoms with Gasteiger partial charge in [0.15, 0.2) is 20.1 Å². The molecule has 0 radical (unpaired) electrons. The molecule has 2 heterocycles. The smallest absolute Gasteiger partial charge is 0.252 e. The SMILES string of the molecule is CCCCCCCc1cc(=O)n2c(c1-c1ccc(F)c(F)c1)SCC2P=O. The molecule has 7 heteroatoms. The molecule has 0 saturated carbocycles. The van der Waals surface area contributed by atoms with Crippen molar-refractivity contribution >= 4 is 20.2 Å². The Labute approximate surface area is 163 Å². The molecule has 0 aliphatic carbocycles. The Morgan fingerprint density at radius 2 is 1.93 bits per heavy atom. The lowest BCUT2D eigenvalue weighted by Crippen LogP contribution is -2.22. The second kappa shape index (κ2) is 9.11. The number of pyridine rings is 1. The first-order valence-electron chi connectivity index (χ1n) is 9.26. The highest BCUT2D eigenvalue weighted by molar-refractivity contribution is 7.99. The van der Waals surface area contributed by atoms with Crippen molar-refractivity contribution in [3.63, 3.8) is 0 Å². The highest BCUT2D eigenvalue weighted by atomic mass is 32.2. The van der Waals surface area contributed by atoms with Crippen molar-refractivity contribution in [2.24, 2.45) is 0 Å². The molecule has 0 fully saturated rings. The summed E-state index contributed by atoms with van der Waals surface area (Å²) in [6.07, 6.45) is 6.20. The predicted molar refractivity (Wildman–Crippen MR) is 106 cm³/mol. The number of nitrogens with zero attached hydrogens (tertiary/aromatic N) is 1. The summed E-state index contributed by atoms with van der Waals surface area (Å²) in [7, 11) is -0.115. The average molecular weight is 409 g/mol. The van der Waals surface area contributed by atoms with Gasteiger partial charge in [0.25, 0.3) is 5.56 Å². The number of halogens is 2. The maximum absolute atomic E-state index is 13.9. The molecule has 1 atom stereocenters. The number of unbranched alkanes of at least 4 members (excludes halogenated alkanes) is 4. The highest BCUT2D eigenvalue weighted by Gasteiger charge is 2.29. The van der Waals surface area contributed by atoms with E-state index in [9.17, 15) is 18.1 Å². The molecular weight excluding hydrogens is 387 g/mol. The minimum Gasteiger partial charge on any atom is -0.287 e. The standard InChI is InChI=1S/C20H22F2NO2PS/c1-2-3-4-5-6-7-13-11-17(24)23-18(26-25)12-27-20(23)19(13)14-8-9-15(21)16(22)10-14/h8-11,18H,2-7,12H2,1H3. The van der Waals surface area contributed by atoms with Gasteiger partial charge in [0.05, 0.1) is 5.03 Å². The summed E-state index contributed by atoms with van der Waals surface area (Å²) in [5, 5.41) is 0.699. The molecule has 3 rings (SSSR count). The Hall–Kier alpha value is -1.52. The number of benzene rings is 1. The van der Waals surface area contributed by atoms with Crippen LogP contribution in [0.2, 0.25) is 0 Å². The first kappa shape index (κ1) is 20.2. The van der Waals surface area contributed by atoms with Crippen LogP contribution in [-0.4, -0.2) is 10.3 Å². The Balaban J connectivity index is 2.04. The Kier molecular flexibility index (Phi) is 6.83. The lowest BCUT2D eigenvalue weighted by molar-refractivity contribution is 0.509. The molecule has 3 nitrogen and oxygen atoms in total. The molecule has 1 aromatic carbocycles. The van der Waals surface area contributed by atoms with Crippen LogP contribution in [0.1, 0.15) is 50.4 Å². The van der Waals surface area contributed by atoms with Crippen LogP contribution in [0, 0.1) is 11.6 Å². The van der Waals surface area contributed by atoms with Gasteiger partial charge in [-0.1, -0.05) is 38.7 Å². The fourth-order valence-corrected chi connectivity index (χ4v) is 5.53. The van der Waals surface area contributed by atoms with Crippen molar-refractivity contribution in [3.8, 4) is 11.1 Å². The molecule has 0 bridgehead atoms. The molecule has 1 unspecified atom stereocenters. The van der Waals surface area contributed by atoms with Crippen molar-refractivity contribution in [1.82, 2.24) is 4.57 Å². The Morgan fingerprint density at radius 1 is 1.15 bits per heavy atom. The van der Waals surface area contributed by atoms with Gasteiger partial charge in [-0.3, -0.25) is 13.9 Å². The van der Waals surface area contributed by atoms with Gasteiger partial charge >= 0.3 is 0 Å². The largest absolute Gasteiger partial charge is 0.287 e. The summed E-state index contributed by atoms with van der Waals surface area (Å²) in [6.45, 7) is 2.16. The van der Waals surface area contributed by atoms with Crippen LogP contribution in [-0.2, 0) is 11.0 Å². The summed E-state index contributed by atoms with van der Waals surface area (Å²) < 4.78 is 40.2. The van der Waals surface area contributed by atoms with Crippen LogP contribution < -0.4 is 5.56 Å². The third kappa shape index (κ3) is 4.33. The van der Waals surface area contributed by atoms with E-state index in [1.165, 1.54) is 28.8 Å². The molecule has 0 saturated heterocycles. The Bertz CT molecular complexity index is 900. The van der Waals surface area contributed by atoms with E-state index in [0.717, 1.165) is 42.9 Å². The van der Waals surface area contributed by atoms with E-state index in [0.29, 0.717) is 22.8 Å². The fourth-order valence-electron chi connectivity index (χ4n) is 3.45. The van der Waals surface area contributed by atoms with Crippen LogP contribution in [0.15, 0.2) is 34.1 Å². The van der Waals surface area contributed by atoms with E-state index in [-0.39, 0.29) is 14.0 Å². The zero-order valence-corrected chi connectivity index (χ0v) is 16.9. The van der Waals surface area contributed by atoms with Gasteiger partial charge in [-0.25, -0.2) is 8.78 Å². The first-order valence-corrected chi connectivity index (χ1v) is 11.1. The van der Waals surface area contributed by atoms with Gasteiger partial charge < -0.3 is 0 Å². The fraction of sp³-hybridized carbons (Fsp3) is 0.450. The summed E-state index contributed by atoms with van der Waals surface area (Å²) in [6, 6.07) is 5.41. The summed E-state index contributed by atoms with van der Waals surface area (Å²) in [5.74, 6) is -1.70. The Morgan fingerprint density at radius 3 is 2.63 bits per heavy atom. The molecular formula is C20H22F2NO2PS. The molecule has 0 spiro atoms. The molecule has 2 aromatic rings. The van der Waals surface area contributed by atoms with E-state index >= 15 is 0 Å². The molecule has 1 aromatic heterocycles. The minimum absolute atomic E-state index is 0.115. The number of aryl methyl sites for hydroxylation is 1. The van der Waals surface area contributed by atoms with Crippen LogP contribution in [0.25, 0.3) is 11.1 Å². The van der Waals surface area contributed by atoms with Gasteiger partial charge in [-0.15, -0.1) is 11.8 Å². The quantitative estimate of drug-likeness (QED) is 0.385. The third-order valence-corrected chi connectivity index (χ3v) is 6.90. The van der Waals surface area contributed by atoms with Gasteiger partial charge in [0.2, 0.25) is 0 Å². The number of hydrogen-bond acceptors (Lipinski definition) is 3. The minimum atomic E-state index is -0.909. The number of rotatable bonds is 8. The van der Waals surface area contributed by atoms with E-state index in [2.05, 4.69) is 6.92 Å². The number of thioether (sulfide) groups is 1. The first-order chi connectivity index (χ1) is 13.1. The normalized spacial score (nSPS) is 16.0. The van der Waals surface area contributed by atoms with Crippen molar-refractivity contribution in [3.05, 3.63) is 51.8 Å². The third-order valence-electron chi connectivity index (χ3n) is 4.84. The number of hydrogen-bond donors (Lipinski definition) is 0. The zero-order valence-electron chi connectivity index (χ0n) is 15.2. The van der Waals surface area contributed by atoms with Crippen LogP contribution >= 0.6 is 20.2 Å². The summed E-state index contributed by atoms with van der Waals surface area (Å²) in [4.78, 5) is 12.6. The van der Waals surface area contributed by atoms with Crippen molar-refractivity contribution < 1.29 is 13.3 Å². The monoisotopic (exact) mass is 409 g/mol. The molecule has 27 heavy (non-hydrogen) atoms. The van der Waals surface area contributed by atoms with Gasteiger partial charge in [-0.2, -0.15) is 0 Å². The number of aromatic nitrogens is 1. The van der Waals surface area contributed by atoms with Gasteiger partial charge in [-0.05, 0) is 36.1 Å². The molecule has 1 aliphatic rings. The van der Waals surface area contributed by atoms with Crippen molar-refractivity contribution in [2.75, 3.05) is 5.75 Å². The van der Waals surface area contributed by atoms with Crippen molar-refractivity contribution in [2.45, 2.75) is 56.3 Å². The maximum Gasteiger partial charge on any atom is 0.252 e. The lowest BCUT2D eigenvalue weighted by atomic mass is 9.97. The zero-order chi connectivity index (χ0) is 19.4.